The van der Waals surface area contributed by atoms with Crippen molar-refractivity contribution in [2.24, 2.45) is 10.7 Å². The maximum atomic E-state index is 14.6. The second-order valence-corrected chi connectivity index (χ2v) is 6.48. The third kappa shape index (κ3) is 4.05. The van der Waals surface area contributed by atoms with E-state index in [1.54, 1.807) is 0 Å². The highest BCUT2D eigenvalue weighted by molar-refractivity contribution is 5.76. The number of aromatic nitrogens is 2. The summed E-state index contributed by atoms with van der Waals surface area (Å²) in [5.74, 6) is -2.95. The summed E-state index contributed by atoms with van der Waals surface area (Å²) in [5.41, 5.74) is 2.61. The molecule has 6 nitrogen and oxygen atoms in total. The van der Waals surface area contributed by atoms with Gasteiger partial charge in [0.25, 0.3) is 6.02 Å². The van der Waals surface area contributed by atoms with Gasteiger partial charge in [-0.1, -0.05) is 12.0 Å². The first kappa shape index (κ1) is 21.1. The van der Waals surface area contributed by atoms with Crippen LogP contribution in [0.15, 0.2) is 35.6 Å². The lowest BCUT2D eigenvalue weighted by molar-refractivity contribution is -0.117. The zero-order valence-electron chi connectivity index (χ0n) is 15.7. The minimum atomic E-state index is -3.54. The largest absolute Gasteiger partial charge is 0.463 e. The van der Waals surface area contributed by atoms with Gasteiger partial charge in [-0.05, 0) is 30.7 Å². The molecule has 0 saturated heterocycles. The fourth-order valence-electron chi connectivity index (χ4n) is 2.75. The maximum Gasteiger partial charge on any atom is 0.310 e. The molecule has 1 atom stereocenters. The first-order chi connectivity index (χ1) is 14.2. The van der Waals surface area contributed by atoms with E-state index in [0.29, 0.717) is 0 Å². The van der Waals surface area contributed by atoms with Crippen molar-refractivity contribution >= 4 is 17.9 Å². The van der Waals surface area contributed by atoms with Gasteiger partial charge in [-0.3, -0.25) is 0 Å². The first-order valence-electron chi connectivity index (χ1n) is 8.58. The Morgan fingerprint density at radius 1 is 1.37 bits per heavy atom. The quantitative estimate of drug-likeness (QED) is 0.593. The van der Waals surface area contributed by atoms with Crippen LogP contribution in [0, 0.1) is 18.2 Å². The van der Waals surface area contributed by atoms with Crippen LogP contribution in [0.25, 0.3) is 11.9 Å². The Kier molecular flexibility index (Phi) is 5.64. The summed E-state index contributed by atoms with van der Waals surface area (Å²) in [6.07, 6.45) is 8.36. The lowest BCUT2D eigenvalue weighted by Gasteiger charge is -2.37. The molecule has 2 aromatic rings. The predicted octanol–water partition coefficient (Wildman–Crippen LogP) is 3.29. The van der Waals surface area contributed by atoms with Gasteiger partial charge in [0.15, 0.2) is 24.6 Å². The normalized spacial score (nSPS) is 20.7. The molecular weight excluding hydrogens is 404 g/mol. The third-order valence-electron chi connectivity index (χ3n) is 4.43. The third-order valence-corrected chi connectivity index (χ3v) is 4.43. The predicted molar refractivity (Wildman–Crippen MR) is 102 cm³/mol. The number of amidine groups is 1. The Bertz CT molecular complexity index is 1050. The Balaban J connectivity index is 1.95. The van der Waals surface area contributed by atoms with Gasteiger partial charge in [0.2, 0.25) is 5.88 Å². The second kappa shape index (κ2) is 8.02. The van der Waals surface area contributed by atoms with E-state index in [4.69, 9.17) is 16.9 Å². The van der Waals surface area contributed by atoms with Crippen molar-refractivity contribution in [3.8, 4) is 18.2 Å². The molecule has 30 heavy (non-hydrogen) atoms. The summed E-state index contributed by atoms with van der Waals surface area (Å²) < 4.78 is 67.6. The van der Waals surface area contributed by atoms with Crippen LogP contribution < -0.4 is 10.5 Å². The SMILES string of the molecule is C#CCOc1cnc(C(F)=Cc2ccc(F)c(C3(C)N=C(N)OCC3(F)F)c2)cn1. The highest BCUT2D eigenvalue weighted by atomic mass is 19.3. The summed E-state index contributed by atoms with van der Waals surface area (Å²) in [4.78, 5) is 11.3. The highest BCUT2D eigenvalue weighted by Crippen LogP contribution is 2.44. The van der Waals surface area contributed by atoms with Crippen LogP contribution >= 0.6 is 0 Å². The summed E-state index contributed by atoms with van der Waals surface area (Å²) in [6, 6.07) is 2.75. The summed E-state index contributed by atoms with van der Waals surface area (Å²) in [5, 5.41) is 0. The number of hydrogen-bond acceptors (Lipinski definition) is 6. The van der Waals surface area contributed by atoms with E-state index in [9.17, 15) is 17.6 Å². The molecule has 1 aromatic heterocycles. The molecule has 0 aliphatic carbocycles. The first-order valence-corrected chi connectivity index (χ1v) is 8.58. The van der Waals surface area contributed by atoms with Gasteiger partial charge in [0.05, 0.1) is 12.4 Å². The number of hydrogen-bond donors (Lipinski definition) is 1. The summed E-state index contributed by atoms with van der Waals surface area (Å²) >= 11 is 0. The van der Waals surface area contributed by atoms with Gasteiger partial charge in [0, 0.05) is 5.56 Å². The Labute approximate surface area is 169 Å². The van der Waals surface area contributed by atoms with Crippen LogP contribution in [0.5, 0.6) is 5.88 Å². The van der Waals surface area contributed by atoms with Crippen molar-refractivity contribution in [2.45, 2.75) is 18.4 Å². The van der Waals surface area contributed by atoms with Crippen molar-refractivity contribution in [3.05, 3.63) is 53.2 Å². The number of rotatable bonds is 5. The molecular formula is C20H16F4N4O2. The Morgan fingerprint density at radius 3 is 2.80 bits per heavy atom. The Morgan fingerprint density at radius 2 is 2.13 bits per heavy atom. The molecule has 2 heterocycles. The monoisotopic (exact) mass is 420 g/mol. The van der Waals surface area contributed by atoms with Crippen LogP contribution in [0.1, 0.15) is 23.7 Å². The van der Waals surface area contributed by atoms with E-state index >= 15 is 0 Å². The lowest BCUT2D eigenvalue weighted by Crippen LogP contribution is -2.51. The smallest absolute Gasteiger partial charge is 0.310 e. The average Bonchev–Trinajstić information content (AvgIpc) is 2.71. The van der Waals surface area contributed by atoms with Crippen LogP contribution in [-0.4, -0.2) is 35.1 Å². The van der Waals surface area contributed by atoms with E-state index in [2.05, 4.69) is 25.6 Å². The molecule has 3 rings (SSSR count). The van der Waals surface area contributed by atoms with Gasteiger partial charge < -0.3 is 15.2 Å². The molecule has 0 bridgehead atoms. The lowest BCUT2D eigenvalue weighted by atomic mass is 9.84. The number of halogens is 4. The molecule has 0 saturated carbocycles. The fourth-order valence-corrected chi connectivity index (χ4v) is 2.75. The maximum absolute atomic E-state index is 14.6. The van der Waals surface area contributed by atoms with Crippen molar-refractivity contribution < 1.29 is 27.0 Å². The van der Waals surface area contributed by atoms with Gasteiger partial charge >= 0.3 is 5.92 Å². The molecule has 156 valence electrons. The molecule has 0 radical (unpaired) electrons. The van der Waals surface area contributed by atoms with Crippen LogP contribution in [0.3, 0.4) is 0 Å². The van der Waals surface area contributed by atoms with Gasteiger partial charge in [-0.2, -0.15) is 8.78 Å². The summed E-state index contributed by atoms with van der Waals surface area (Å²) in [6.45, 7) is -0.0480. The van der Waals surface area contributed by atoms with E-state index in [1.165, 1.54) is 12.3 Å². The number of benzene rings is 1. The number of alkyl halides is 2. The molecule has 2 N–H and O–H groups in total. The molecule has 0 spiro atoms. The molecule has 1 aliphatic heterocycles. The minimum absolute atomic E-state index is 0.0217. The molecule has 0 fully saturated rings. The molecule has 10 heteroatoms. The van der Waals surface area contributed by atoms with Crippen LogP contribution in [0.2, 0.25) is 0 Å². The van der Waals surface area contributed by atoms with E-state index in [0.717, 1.165) is 31.3 Å². The number of ether oxygens (including phenoxy) is 2. The molecule has 0 amide bonds. The minimum Gasteiger partial charge on any atom is -0.463 e. The van der Waals surface area contributed by atoms with Crippen molar-refractivity contribution in [1.29, 1.82) is 0 Å². The molecule has 1 aliphatic rings. The fraction of sp³-hybridized carbons (Fsp3) is 0.250. The van der Waals surface area contributed by atoms with Crippen molar-refractivity contribution in [2.75, 3.05) is 13.2 Å². The number of terminal acetylenes is 1. The van der Waals surface area contributed by atoms with Gasteiger partial charge in [-0.15, -0.1) is 6.42 Å². The van der Waals surface area contributed by atoms with Crippen LogP contribution in [-0.2, 0) is 10.3 Å². The number of aliphatic imine (C=N–C) groups is 1. The van der Waals surface area contributed by atoms with E-state index in [1.807, 2.05) is 0 Å². The average molecular weight is 420 g/mol. The van der Waals surface area contributed by atoms with Gasteiger partial charge in [0.1, 0.15) is 11.5 Å². The van der Waals surface area contributed by atoms with Crippen molar-refractivity contribution in [1.82, 2.24) is 9.97 Å². The van der Waals surface area contributed by atoms with Gasteiger partial charge in [-0.25, -0.2) is 23.7 Å². The van der Waals surface area contributed by atoms with E-state index < -0.39 is 41.3 Å². The zero-order valence-corrected chi connectivity index (χ0v) is 15.7. The Hall–Kier alpha value is -3.61. The second-order valence-electron chi connectivity index (χ2n) is 6.48. The highest BCUT2D eigenvalue weighted by Gasteiger charge is 2.56. The van der Waals surface area contributed by atoms with Crippen LogP contribution in [0.4, 0.5) is 17.6 Å². The molecule has 1 unspecified atom stereocenters. The number of nitrogens with zero attached hydrogens (tertiary/aromatic N) is 3. The van der Waals surface area contributed by atoms with Crippen molar-refractivity contribution in [3.63, 3.8) is 0 Å². The molecule has 1 aromatic carbocycles. The zero-order chi connectivity index (χ0) is 21.9. The topological polar surface area (TPSA) is 82.6 Å². The summed E-state index contributed by atoms with van der Waals surface area (Å²) in [7, 11) is 0. The number of nitrogens with two attached hydrogens (primary N) is 1. The van der Waals surface area contributed by atoms with E-state index in [-0.39, 0.29) is 23.7 Å². The standard InChI is InChI=1S/C20H16F4N4O2/c1-3-6-29-17-10-26-16(9-27-17)15(22)8-12-4-5-14(21)13(7-12)19(2)20(23,24)11-30-18(25)28-19/h1,4-5,7-10H,6,11H2,2H3,(H2,25,28).